The van der Waals surface area contributed by atoms with Gasteiger partial charge >= 0.3 is 0 Å². The van der Waals surface area contributed by atoms with Gasteiger partial charge in [0, 0.05) is 31.2 Å². The minimum absolute atomic E-state index is 0.0599. The summed E-state index contributed by atoms with van der Waals surface area (Å²) < 4.78 is 15.4. The number of nitrogens with zero attached hydrogens (tertiary/aromatic N) is 7. The van der Waals surface area contributed by atoms with Gasteiger partial charge in [0.05, 0.1) is 18.2 Å². The Morgan fingerprint density at radius 1 is 1.21 bits per heavy atom. The number of halogens is 1. The highest BCUT2D eigenvalue weighted by Crippen LogP contribution is 2.34. The zero-order valence-electron chi connectivity index (χ0n) is 18.9. The van der Waals surface area contributed by atoms with Crippen LogP contribution in [0.2, 0.25) is 0 Å². The molecule has 1 saturated heterocycles. The summed E-state index contributed by atoms with van der Waals surface area (Å²) in [6.45, 7) is 4.43. The number of pyridine rings is 1. The standard InChI is InChI=1S/C22H30FN9O/c1-3-15-10-27-22(28-11-15)30-9-8-19(18(23)13-30)31(17-5-6-17)21(33)16-4-7-20(26-12-16)32(25)14(2)29-24/h4,7,10-12,17-19H,3,5-6,8-9,13,24-25H2,1-2H3/b29-14-/t18?,19-/m1/s1. The number of piperidine rings is 1. The first-order valence-corrected chi connectivity index (χ1v) is 11.2. The fourth-order valence-corrected chi connectivity index (χ4v) is 4.05. The Morgan fingerprint density at radius 2 is 1.94 bits per heavy atom. The Bertz CT molecular complexity index is 994. The molecule has 1 aliphatic heterocycles. The summed E-state index contributed by atoms with van der Waals surface area (Å²) in [6.07, 6.45) is 6.95. The number of alkyl halides is 1. The molecular weight excluding hydrogens is 425 g/mol. The van der Waals surface area contributed by atoms with Crippen LogP contribution in [0.3, 0.4) is 0 Å². The average molecular weight is 456 g/mol. The van der Waals surface area contributed by atoms with Gasteiger partial charge in [-0.25, -0.2) is 30.2 Å². The van der Waals surface area contributed by atoms with E-state index in [0.717, 1.165) is 24.8 Å². The molecule has 2 aliphatic rings. The molecule has 0 radical (unpaired) electrons. The van der Waals surface area contributed by atoms with E-state index in [9.17, 15) is 4.79 Å². The number of hydrazine groups is 1. The van der Waals surface area contributed by atoms with Gasteiger partial charge in [-0.1, -0.05) is 6.92 Å². The summed E-state index contributed by atoms with van der Waals surface area (Å²) in [4.78, 5) is 29.9. The van der Waals surface area contributed by atoms with Crippen LogP contribution in [-0.4, -0.2) is 62.9 Å². The molecule has 33 heavy (non-hydrogen) atoms. The molecule has 1 saturated carbocycles. The number of amides is 1. The van der Waals surface area contributed by atoms with Crippen LogP contribution >= 0.6 is 0 Å². The number of rotatable bonds is 6. The Morgan fingerprint density at radius 3 is 2.48 bits per heavy atom. The Balaban J connectivity index is 1.47. The minimum Gasteiger partial charge on any atom is -0.338 e. The van der Waals surface area contributed by atoms with E-state index >= 15 is 4.39 Å². The smallest absolute Gasteiger partial charge is 0.256 e. The molecule has 0 bridgehead atoms. The summed E-state index contributed by atoms with van der Waals surface area (Å²) in [5.74, 6) is 12.3. The number of anilines is 2. The van der Waals surface area contributed by atoms with Crippen molar-refractivity contribution in [2.45, 2.75) is 57.8 Å². The van der Waals surface area contributed by atoms with Crippen molar-refractivity contribution in [3.8, 4) is 0 Å². The van der Waals surface area contributed by atoms with Gasteiger partial charge in [0.1, 0.15) is 17.8 Å². The van der Waals surface area contributed by atoms with Crippen molar-refractivity contribution < 1.29 is 9.18 Å². The monoisotopic (exact) mass is 455 g/mol. The Labute approximate surface area is 192 Å². The van der Waals surface area contributed by atoms with Crippen LogP contribution in [0.5, 0.6) is 0 Å². The molecule has 176 valence electrons. The van der Waals surface area contributed by atoms with Crippen LogP contribution in [0.25, 0.3) is 0 Å². The molecule has 1 unspecified atom stereocenters. The second-order valence-electron chi connectivity index (χ2n) is 8.46. The van der Waals surface area contributed by atoms with Gasteiger partial charge in [-0.15, -0.1) is 0 Å². The first-order valence-electron chi connectivity index (χ1n) is 11.2. The van der Waals surface area contributed by atoms with Crippen molar-refractivity contribution in [1.29, 1.82) is 0 Å². The summed E-state index contributed by atoms with van der Waals surface area (Å²) in [6, 6.07) is 2.84. The molecule has 2 aromatic rings. The predicted molar refractivity (Wildman–Crippen MR) is 124 cm³/mol. The molecule has 2 aromatic heterocycles. The quantitative estimate of drug-likeness (QED) is 0.291. The molecule has 1 amide bonds. The van der Waals surface area contributed by atoms with Gasteiger partial charge in [0.15, 0.2) is 0 Å². The normalized spacial score (nSPS) is 21.1. The van der Waals surface area contributed by atoms with Gasteiger partial charge in [0.2, 0.25) is 5.95 Å². The van der Waals surface area contributed by atoms with Crippen molar-refractivity contribution in [2.75, 3.05) is 23.0 Å². The summed E-state index contributed by atoms with van der Waals surface area (Å²) in [5, 5.41) is 4.77. The largest absolute Gasteiger partial charge is 0.338 e. The highest BCUT2D eigenvalue weighted by atomic mass is 19.1. The zero-order chi connectivity index (χ0) is 23.5. The van der Waals surface area contributed by atoms with Crippen LogP contribution in [0, 0.1) is 0 Å². The molecule has 2 fully saturated rings. The number of carbonyl (C=O) groups is 1. The van der Waals surface area contributed by atoms with E-state index in [1.165, 1.54) is 11.2 Å². The van der Waals surface area contributed by atoms with E-state index in [2.05, 4.69) is 20.1 Å². The third-order valence-corrected chi connectivity index (χ3v) is 6.20. The molecule has 2 atom stereocenters. The molecule has 4 N–H and O–H groups in total. The second-order valence-corrected chi connectivity index (χ2v) is 8.46. The van der Waals surface area contributed by atoms with Crippen LogP contribution in [0.4, 0.5) is 16.2 Å². The molecule has 0 aromatic carbocycles. The minimum atomic E-state index is -1.20. The number of amidine groups is 1. The third kappa shape index (κ3) is 4.87. The maximum absolute atomic E-state index is 15.4. The summed E-state index contributed by atoms with van der Waals surface area (Å²) in [5.41, 5.74) is 1.44. The van der Waals surface area contributed by atoms with Crippen LogP contribution in [0.1, 0.15) is 49.0 Å². The summed E-state index contributed by atoms with van der Waals surface area (Å²) >= 11 is 0. The Kier molecular flexibility index (Phi) is 6.68. The van der Waals surface area contributed by atoms with Gasteiger partial charge < -0.3 is 15.6 Å². The highest BCUT2D eigenvalue weighted by Gasteiger charge is 2.43. The van der Waals surface area contributed by atoms with Gasteiger partial charge in [0.25, 0.3) is 5.91 Å². The maximum Gasteiger partial charge on any atom is 0.256 e. The molecular formula is C22H30FN9O. The number of hydrazone groups is 1. The van der Waals surface area contributed by atoms with E-state index in [1.807, 2.05) is 11.8 Å². The fraction of sp³-hybridized carbons (Fsp3) is 0.500. The fourth-order valence-electron chi connectivity index (χ4n) is 4.05. The third-order valence-electron chi connectivity index (χ3n) is 6.20. The highest BCUT2D eigenvalue weighted by molar-refractivity contribution is 5.96. The lowest BCUT2D eigenvalue weighted by atomic mass is 10.00. The first kappa shape index (κ1) is 22.8. The zero-order valence-corrected chi connectivity index (χ0v) is 18.9. The van der Waals surface area contributed by atoms with E-state index in [0.29, 0.717) is 36.1 Å². The van der Waals surface area contributed by atoms with Crippen molar-refractivity contribution in [2.24, 2.45) is 16.8 Å². The lowest BCUT2D eigenvalue weighted by Gasteiger charge is -2.41. The first-order chi connectivity index (χ1) is 15.9. The Hall–Kier alpha value is -3.34. The molecule has 10 nitrogen and oxygen atoms in total. The second kappa shape index (κ2) is 9.65. The van der Waals surface area contributed by atoms with Gasteiger partial charge in [-0.3, -0.25) is 4.79 Å². The lowest BCUT2D eigenvalue weighted by Crippen LogP contribution is -2.55. The van der Waals surface area contributed by atoms with Crippen molar-refractivity contribution >= 4 is 23.5 Å². The van der Waals surface area contributed by atoms with Gasteiger partial charge in [-0.2, -0.15) is 5.10 Å². The maximum atomic E-state index is 15.4. The van der Waals surface area contributed by atoms with E-state index in [4.69, 9.17) is 11.7 Å². The van der Waals surface area contributed by atoms with E-state index in [1.54, 1.807) is 36.4 Å². The average Bonchev–Trinajstić information content (AvgIpc) is 3.69. The van der Waals surface area contributed by atoms with E-state index < -0.39 is 12.2 Å². The molecule has 4 rings (SSSR count). The van der Waals surface area contributed by atoms with Gasteiger partial charge in [-0.05, 0) is 50.3 Å². The molecule has 11 heteroatoms. The number of aromatic nitrogens is 3. The summed E-state index contributed by atoms with van der Waals surface area (Å²) in [7, 11) is 0. The van der Waals surface area contributed by atoms with Crippen LogP contribution in [-0.2, 0) is 6.42 Å². The lowest BCUT2D eigenvalue weighted by molar-refractivity contribution is 0.0486. The molecule has 3 heterocycles. The number of carbonyl (C=O) groups excluding carboxylic acids is 1. The number of nitrogens with two attached hydrogens (primary N) is 2. The van der Waals surface area contributed by atoms with Crippen molar-refractivity contribution in [3.05, 3.63) is 41.9 Å². The number of aryl methyl sites for hydroxylation is 1. The predicted octanol–water partition coefficient (Wildman–Crippen LogP) is 1.63. The number of hydrogen-bond donors (Lipinski definition) is 2. The SMILES string of the molecule is CCc1cnc(N2CC[C@@H](N(C(=O)c3ccc(N(N)/C(C)=N\N)nc3)C3CC3)C(F)C2)nc1. The van der Waals surface area contributed by atoms with Crippen molar-refractivity contribution in [1.82, 2.24) is 19.9 Å². The van der Waals surface area contributed by atoms with Crippen LogP contribution < -0.4 is 21.6 Å². The van der Waals surface area contributed by atoms with Crippen molar-refractivity contribution in [3.63, 3.8) is 0 Å². The topological polar surface area (TPSA) is 130 Å². The number of hydrogen-bond acceptors (Lipinski definition) is 8. The molecule has 1 aliphatic carbocycles. The molecule has 0 spiro atoms. The van der Waals surface area contributed by atoms with Crippen LogP contribution in [0.15, 0.2) is 35.8 Å². The van der Waals surface area contributed by atoms with E-state index in [-0.39, 0.29) is 18.5 Å².